The number of ether oxygens (including phenoxy) is 2. The summed E-state index contributed by atoms with van der Waals surface area (Å²) in [7, 11) is 6.91. The number of carbonyl (C=O) groups is 2. The number of hydrogen-bond acceptors (Lipinski definition) is 7. The molecule has 0 saturated carbocycles. The Morgan fingerprint density at radius 3 is 2.60 bits per heavy atom. The van der Waals surface area contributed by atoms with Gasteiger partial charge < -0.3 is 28.8 Å². The van der Waals surface area contributed by atoms with Crippen LogP contribution in [-0.4, -0.2) is 68.0 Å². The second kappa shape index (κ2) is 9.84. The van der Waals surface area contributed by atoms with Gasteiger partial charge in [0.25, 0.3) is 5.91 Å². The quantitative estimate of drug-likeness (QED) is 0.459. The van der Waals surface area contributed by atoms with Crippen LogP contribution in [0.1, 0.15) is 34.1 Å². The number of fused-ring (bicyclic) bond motifs is 1. The summed E-state index contributed by atoms with van der Waals surface area (Å²) >= 11 is 0. The van der Waals surface area contributed by atoms with Gasteiger partial charge in [0.2, 0.25) is 5.78 Å². The third kappa shape index (κ3) is 4.49. The number of carbonyl (C=O) groups excluding carboxylic acids is 2. The number of nitrogens with zero attached hydrogens (tertiary/aromatic N) is 2. The normalized spacial score (nSPS) is 16.0. The van der Waals surface area contributed by atoms with Gasteiger partial charge in [-0.25, -0.2) is 0 Å². The van der Waals surface area contributed by atoms with E-state index in [1.54, 1.807) is 30.3 Å². The molecule has 2 heterocycles. The molecule has 35 heavy (non-hydrogen) atoms. The first-order chi connectivity index (χ1) is 16.8. The van der Waals surface area contributed by atoms with Crippen molar-refractivity contribution in [3.05, 3.63) is 70.7 Å². The lowest BCUT2D eigenvalue weighted by Crippen LogP contribution is -2.33. The number of aliphatic hydroxyl groups is 1. The molecule has 184 valence electrons. The average molecular weight is 479 g/mol. The molecule has 1 atom stereocenters. The van der Waals surface area contributed by atoms with E-state index in [1.807, 2.05) is 38.1 Å². The van der Waals surface area contributed by atoms with Gasteiger partial charge in [-0.1, -0.05) is 23.8 Å². The minimum absolute atomic E-state index is 0.0396. The zero-order valence-electron chi connectivity index (χ0n) is 20.6. The van der Waals surface area contributed by atoms with Crippen LogP contribution >= 0.6 is 0 Å². The van der Waals surface area contributed by atoms with Crippen molar-refractivity contribution in [2.75, 3.05) is 41.4 Å². The Hall–Kier alpha value is -3.78. The highest BCUT2D eigenvalue weighted by Gasteiger charge is 2.45. The topological polar surface area (TPSA) is 92.5 Å². The second-order valence-corrected chi connectivity index (χ2v) is 8.88. The average Bonchev–Trinajstić information content (AvgIpc) is 3.36. The van der Waals surface area contributed by atoms with Crippen molar-refractivity contribution in [3.8, 4) is 11.5 Å². The summed E-state index contributed by atoms with van der Waals surface area (Å²) in [5, 5.41) is 11.7. The molecule has 2 aromatic carbocycles. The van der Waals surface area contributed by atoms with E-state index in [4.69, 9.17) is 13.9 Å². The fraction of sp³-hybridized carbons (Fsp3) is 0.333. The van der Waals surface area contributed by atoms with Gasteiger partial charge in [-0.3, -0.25) is 9.59 Å². The van der Waals surface area contributed by atoms with Gasteiger partial charge in [-0.15, -0.1) is 0 Å². The number of hydrogen-bond donors (Lipinski definition) is 1. The van der Waals surface area contributed by atoms with E-state index in [2.05, 4.69) is 0 Å². The Bertz CT molecular complexity index is 1310. The molecule has 1 aromatic heterocycles. The summed E-state index contributed by atoms with van der Waals surface area (Å²) in [4.78, 5) is 30.5. The van der Waals surface area contributed by atoms with E-state index in [0.29, 0.717) is 35.6 Å². The fourth-order valence-electron chi connectivity index (χ4n) is 4.53. The molecule has 4 rings (SSSR count). The molecule has 8 nitrogen and oxygen atoms in total. The molecule has 0 bridgehead atoms. The van der Waals surface area contributed by atoms with Gasteiger partial charge in [-0.2, -0.15) is 0 Å². The number of aryl methyl sites for hydroxylation is 1. The summed E-state index contributed by atoms with van der Waals surface area (Å²) in [6.45, 7) is 3.02. The van der Waals surface area contributed by atoms with Gasteiger partial charge in [0.15, 0.2) is 23.0 Å². The molecular formula is C27H30N2O6. The predicted octanol–water partition coefficient (Wildman–Crippen LogP) is 4.29. The second-order valence-electron chi connectivity index (χ2n) is 8.88. The number of rotatable bonds is 9. The van der Waals surface area contributed by atoms with Gasteiger partial charge in [0, 0.05) is 17.5 Å². The van der Waals surface area contributed by atoms with Crippen LogP contribution in [0, 0.1) is 6.92 Å². The monoisotopic (exact) mass is 478 g/mol. The Kier molecular flexibility index (Phi) is 6.84. The number of benzene rings is 2. The van der Waals surface area contributed by atoms with Gasteiger partial charge >= 0.3 is 0 Å². The van der Waals surface area contributed by atoms with Crippen LogP contribution in [0.3, 0.4) is 0 Å². The third-order valence-corrected chi connectivity index (χ3v) is 6.18. The van der Waals surface area contributed by atoms with E-state index in [9.17, 15) is 14.7 Å². The number of aliphatic hydroxyl groups excluding tert-OH is 1. The molecule has 1 N–H and O–H groups in total. The first-order valence-electron chi connectivity index (χ1n) is 11.4. The lowest BCUT2D eigenvalue weighted by molar-refractivity contribution is -0.129. The first kappa shape index (κ1) is 24.3. The Morgan fingerprint density at radius 2 is 1.91 bits per heavy atom. The number of amides is 1. The Morgan fingerprint density at radius 1 is 1.14 bits per heavy atom. The van der Waals surface area contributed by atoms with E-state index >= 15 is 0 Å². The van der Waals surface area contributed by atoms with Crippen LogP contribution in [-0.2, 0) is 4.79 Å². The Balaban J connectivity index is 1.83. The molecule has 0 aliphatic carbocycles. The molecule has 3 aromatic rings. The zero-order valence-corrected chi connectivity index (χ0v) is 20.6. The molecule has 1 aliphatic rings. The highest BCUT2D eigenvalue weighted by molar-refractivity contribution is 6.16. The van der Waals surface area contributed by atoms with Crippen molar-refractivity contribution in [3.63, 3.8) is 0 Å². The van der Waals surface area contributed by atoms with Gasteiger partial charge in [0.1, 0.15) is 5.58 Å². The number of methoxy groups -OCH3 is 2. The smallest absolute Gasteiger partial charge is 0.290 e. The largest absolute Gasteiger partial charge is 0.503 e. The summed E-state index contributed by atoms with van der Waals surface area (Å²) in [6.07, 6.45) is 0.653. The predicted molar refractivity (Wildman–Crippen MR) is 132 cm³/mol. The number of para-hydroxylation sites is 1. The number of furan rings is 1. The van der Waals surface area contributed by atoms with Crippen molar-refractivity contribution in [1.29, 1.82) is 0 Å². The van der Waals surface area contributed by atoms with Crippen molar-refractivity contribution < 1.29 is 28.6 Å². The maximum absolute atomic E-state index is 13.8. The maximum Gasteiger partial charge on any atom is 0.290 e. The summed E-state index contributed by atoms with van der Waals surface area (Å²) in [5.74, 6) is -0.814. The maximum atomic E-state index is 13.8. The molecular weight excluding hydrogens is 448 g/mol. The highest BCUT2D eigenvalue weighted by atomic mass is 16.5. The minimum Gasteiger partial charge on any atom is -0.503 e. The van der Waals surface area contributed by atoms with Gasteiger partial charge in [0.05, 0.1) is 25.8 Å². The van der Waals surface area contributed by atoms with Crippen molar-refractivity contribution in [2.45, 2.75) is 19.4 Å². The Labute approximate surface area is 204 Å². The van der Waals surface area contributed by atoms with Crippen LogP contribution < -0.4 is 9.47 Å². The molecule has 0 radical (unpaired) electrons. The van der Waals surface area contributed by atoms with Crippen molar-refractivity contribution >= 4 is 22.7 Å². The number of ketones is 1. The SMILES string of the molecule is COc1cccc(C2C(C(=O)c3cc4cc(C)ccc4o3)=C(O)C(=O)N2CCCN(C)C)c1OC. The highest BCUT2D eigenvalue weighted by Crippen LogP contribution is 2.45. The molecule has 0 spiro atoms. The van der Waals surface area contributed by atoms with Crippen LogP contribution in [0.25, 0.3) is 11.0 Å². The van der Waals surface area contributed by atoms with Crippen LogP contribution in [0.2, 0.25) is 0 Å². The van der Waals surface area contributed by atoms with Crippen molar-refractivity contribution in [1.82, 2.24) is 9.80 Å². The fourth-order valence-corrected chi connectivity index (χ4v) is 4.53. The molecule has 0 fully saturated rings. The molecule has 0 saturated heterocycles. The zero-order chi connectivity index (χ0) is 25.3. The van der Waals surface area contributed by atoms with Crippen LogP contribution in [0.5, 0.6) is 11.5 Å². The third-order valence-electron chi connectivity index (χ3n) is 6.18. The number of Topliss-reactive ketones (excluding diaryl/α,β-unsaturated/α-hetero) is 1. The van der Waals surface area contributed by atoms with E-state index < -0.39 is 23.5 Å². The lowest BCUT2D eigenvalue weighted by Gasteiger charge is -2.28. The van der Waals surface area contributed by atoms with Gasteiger partial charge in [-0.05, 0) is 58.3 Å². The van der Waals surface area contributed by atoms with E-state index in [0.717, 1.165) is 17.5 Å². The molecule has 8 heteroatoms. The summed E-state index contributed by atoms with van der Waals surface area (Å²) in [5.41, 5.74) is 2.09. The minimum atomic E-state index is -0.864. The summed E-state index contributed by atoms with van der Waals surface area (Å²) in [6, 6.07) is 11.7. The first-order valence-corrected chi connectivity index (χ1v) is 11.4. The van der Waals surface area contributed by atoms with E-state index in [1.165, 1.54) is 19.1 Å². The van der Waals surface area contributed by atoms with E-state index in [-0.39, 0.29) is 11.3 Å². The lowest BCUT2D eigenvalue weighted by atomic mass is 9.94. The molecule has 1 amide bonds. The molecule has 1 unspecified atom stereocenters. The standard InChI is InChI=1S/C27H30N2O6/c1-16-10-11-19-17(14-16)15-21(35-19)24(30)22-23(18-8-6-9-20(33-4)26(18)34-5)29(27(32)25(22)31)13-7-12-28(2)3/h6,8-11,14-15,23,31H,7,12-13H2,1-5H3. The van der Waals surface area contributed by atoms with Crippen molar-refractivity contribution in [2.24, 2.45) is 0 Å². The summed E-state index contributed by atoms with van der Waals surface area (Å²) < 4.78 is 16.9. The molecule has 1 aliphatic heterocycles. The van der Waals surface area contributed by atoms with Crippen LogP contribution in [0.15, 0.2) is 58.2 Å². The van der Waals surface area contributed by atoms with Crippen LogP contribution in [0.4, 0.5) is 0 Å².